The number of amides is 2. The molecule has 0 radical (unpaired) electrons. The fraction of sp³-hybridized carbons (Fsp3) is 0.318. The van der Waals surface area contributed by atoms with Crippen molar-refractivity contribution in [3.63, 3.8) is 0 Å². The summed E-state index contributed by atoms with van der Waals surface area (Å²) in [6.45, 7) is -0.328. The van der Waals surface area contributed by atoms with E-state index >= 15 is 0 Å². The van der Waals surface area contributed by atoms with Gasteiger partial charge in [0.05, 0.1) is 17.0 Å². The van der Waals surface area contributed by atoms with Gasteiger partial charge in [0.25, 0.3) is 0 Å². The van der Waals surface area contributed by atoms with Crippen LogP contribution in [0.4, 0.5) is 10.1 Å². The van der Waals surface area contributed by atoms with Gasteiger partial charge in [0.2, 0.25) is 21.8 Å². The molecule has 9 nitrogen and oxygen atoms in total. The summed E-state index contributed by atoms with van der Waals surface area (Å²) in [6.07, 6.45) is 0.160. The third kappa shape index (κ3) is 5.40. The maximum absolute atomic E-state index is 13.2. The Balaban J connectivity index is 1.73. The maximum Gasteiger partial charge on any atom is 0.335 e. The third-order valence-corrected chi connectivity index (χ3v) is 7.83. The van der Waals surface area contributed by atoms with Gasteiger partial charge in [-0.15, -0.1) is 0 Å². The minimum absolute atomic E-state index is 0.00313. The number of rotatable bonds is 7. The molecule has 2 aromatic carbocycles. The van der Waals surface area contributed by atoms with E-state index in [1.165, 1.54) is 43.3 Å². The fourth-order valence-electron chi connectivity index (χ4n) is 3.63. The Morgan fingerprint density at radius 2 is 1.68 bits per heavy atom. The average molecular weight is 510 g/mol. The van der Waals surface area contributed by atoms with Crippen molar-refractivity contribution in [1.82, 2.24) is 9.21 Å². The highest BCUT2D eigenvalue weighted by Gasteiger charge is 2.44. The standard InChI is InChI=1S/C22H24FN3O6S2/c1-24(13-20(27)25(2)16-7-3-14(4-8-16)22(29)30)21(28)19-11-17(33)12-26(19)34(31,32)18-9-5-15(23)6-10-18/h3-10,17,19,33H,11-13H2,1-2H3,(H,29,30)/t17-,19+/m1/s1. The number of carbonyl (C=O) groups is 3. The lowest BCUT2D eigenvalue weighted by Crippen LogP contribution is -2.49. The lowest BCUT2D eigenvalue weighted by molar-refractivity contribution is -0.136. The first-order valence-corrected chi connectivity index (χ1v) is 12.2. The Bertz CT molecular complexity index is 1190. The molecule has 2 aromatic rings. The van der Waals surface area contributed by atoms with Crippen molar-refractivity contribution < 1.29 is 32.3 Å². The number of carbonyl (C=O) groups excluding carboxylic acids is 2. The number of nitrogens with zero attached hydrogens (tertiary/aromatic N) is 3. The van der Waals surface area contributed by atoms with Crippen LogP contribution in [0, 0.1) is 5.82 Å². The predicted octanol–water partition coefficient (Wildman–Crippen LogP) is 1.71. The molecule has 34 heavy (non-hydrogen) atoms. The number of halogens is 1. The van der Waals surface area contributed by atoms with Gasteiger partial charge in [0, 0.05) is 31.6 Å². The second kappa shape index (κ2) is 10.1. The normalized spacial score (nSPS) is 18.5. The number of aromatic carboxylic acids is 1. The molecule has 0 aromatic heterocycles. The summed E-state index contributed by atoms with van der Waals surface area (Å²) in [4.78, 5) is 39.1. The van der Waals surface area contributed by atoms with Gasteiger partial charge in [-0.25, -0.2) is 17.6 Å². The number of likely N-dealkylation sites (N-methyl/N-ethyl adjacent to an activating group) is 2. The van der Waals surface area contributed by atoms with E-state index < -0.39 is 39.7 Å². The van der Waals surface area contributed by atoms with Crippen LogP contribution in [0.2, 0.25) is 0 Å². The number of hydrogen-bond acceptors (Lipinski definition) is 6. The molecule has 1 aliphatic heterocycles. The van der Waals surface area contributed by atoms with E-state index in [1.54, 1.807) is 0 Å². The van der Waals surface area contributed by atoms with Gasteiger partial charge >= 0.3 is 5.97 Å². The van der Waals surface area contributed by atoms with E-state index in [2.05, 4.69) is 12.6 Å². The van der Waals surface area contributed by atoms with Crippen molar-refractivity contribution in [2.75, 3.05) is 32.1 Å². The number of anilines is 1. The Morgan fingerprint density at radius 1 is 1.09 bits per heavy atom. The highest BCUT2D eigenvalue weighted by Crippen LogP contribution is 2.30. The zero-order valence-electron chi connectivity index (χ0n) is 18.5. The first kappa shape index (κ1) is 25.7. The SMILES string of the molecule is CN(CC(=O)N(C)c1ccc(C(=O)O)cc1)C(=O)[C@@H]1C[C@@H](S)CN1S(=O)(=O)c1ccc(F)cc1. The quantitative estimate of drug-likeness (QED) is 0.549. The summed E-state index contributed by atoms with van der Waals surface area (Å²) < 4.78 is 40.5. The van der Waals surface area contributed by atoms with Gasteiger partial charge in [-0.05, 0) is 55.0 Å². The Morgan fingerprint density at radius 3 is 2.24 bits per heavy atom. The predicted molar refractivity (Wildman–Crippen MR) is 126 cm³/mol. The Kier molecular flexibility index (Phi) is 7.64. The molecule has 1 aliphatic rings. The van der Waals surface area contributed by atoms with E-state index in [0.29, 0.717) is 5.69 Å². The first-order valence-electron chi connectivity index (χ1n) is 10.2. The molecule has 0 saturated carbocycles. The van der Waals surface area contributed by atoms with Crippen molar-refractivity contribution in [2.24, 2.45) is 0 Å². The van der Waals surface area contributed by atoms with E-state index in [4.69, 9.17) is 5.11 Å². The first-order chi connectivity index (χ1) is 15.9. The number of thiol groups is 1. The van der Waals surface area contributed by atoms with Crippen molar-refractivity contribution in [1.29, 1.82) is 0 Å². The Labute approximate surface area is 202 Å². The number of hydrogen-bond donors (Lipinski definition) is 2. The topological polar surface area (TPSA) is 115 Å². The summed E-state index contributed by atoms with van der Waals surface area (Å²) in [6, 6.07) is 8.94. The number of carboxylic acids is 1. The Hall–Kier alpha value is -2.96. The van der Waals surface area contributed by atoms with Crippen LogP contribution in [0.3, 0.4) is 0 Å². The lowest BCUT2D eigenvalue weighted by Gasteiger charge is -2.28. The third-order valence-electron chi connectivity index (χ3n) is 5.56. The average Bonchev–Trinajstić information content (AvgIpc) is 3.20. The van der Waals surface area contributed by atoms with Gasteiger partial charge < -0.3 is 14.9 Å². The molecular weight excluding hydrogens is 485 g/mol. The molecule has 2 atom stereocenters. The van der Waals surface area contributed by atoms with Crippen LogP contribution in [0.15, 0.2) is 53.4 Å². The molecule has 1 saturated heterocycles. The van der Waals surface area contributed by atoms with E-state index in [-0.39, 0.29) is 35.2 Å². The molecule has 0 bridgehead atoms. The van der Waals surface area contributed by atoms with Crippen LogP contribution in [0.25, 0.3) is 0 Å². The van der Waals surface area contributed by atoms with Crippen molar-refractivity contribution >= 4 is 46.1 Å². The van der Waals surface area contributed by atoms with Crippen LogP contribution >= 0.6 is 12.6 Å². The largest absolute Gasteiger partial charge is 0.478 e. The number of carboxylic acid groups (broad SMARTS) is 1. The van der Waals surface area contributed by atoms with Gasteiger partial charge in [-0.2, -0.15) is 16.9 Å². The molecule has 1 N–H and O–H groups in total. The summed E-state index contributed by atoms with van der Waals surface area (Å²) in [5.74, 6) is -2.69. The second-order valence-corrected chi connectivity index (χ2v) is 10.6. The molecule has 182 valence electrons. The molecule has 0 spiro atoms. The molecule has 12 heteroatoms. The summed E-state index contributed by atoms with van der Waals surface area (Å²) in [5, 5.41) is 8.61. The maximum atomic E-state index is 13.2. The van der Waals surface area contributed by atoms with Crippen LogP contribution in [0.1, 0.15) is 16.8 Å². The fourth-order valence-corrected chi connectivity index (χ4v) is 5.75. The molecule has 1 heterocycles. The van der Waals surface area contributed by atoms with E-state index in [0.717, 1.165) is 33.5 Å². The highest BCUT2D eigenvalue weighted by atomic mass is 32.2. The second-order valence-electron chi connectivity index (χ2n) is 7.93. The van der Waals surface area contributed by atoms with Crippen LogP contribution in [-0.4, -0.2) is 79.0 Å². The van der Waals surface area contributed by atoms with Crippen molar-refractivity contribution in [3.8, 4) is 0 Å². The molecule has 0 unspecified atom stereocenters. The lowest BCUT2D eigenvalue weighted by atomic mass is 10.2. The molecule has 3 rings (SSSR count). The molecule has 2 amide bonds. The van der Waals surface area contributed by atoms with Crippen LogP contribution in [-0.2, 0) is 19.6 Å². The van der Waals surface area contributed by atoms with Crippen LogP contribution < -0.4 is 4.90 Å². The molecule has 1 fully saturated rings. The summed E-state index contributed by atoms with van der Waals surface area (Å²) in [7, 11) is -1.20. The minimum atomic E-state index is -4.09. The van der Waals surface area contributed by atoms with Gasteiger partial charge in [-0.1, -0.05) is 0 Å². The van der Waals surface area contributed by atoms with Crippen LogP contribution in [0.5, 0.6) is 0 Å². The van der Waals surface area contributed by atoms with Gasteiger partial charge in [0.1, 0.15) is 11.9 Å². The van der Waals surface area contributed by atoms with E-state index in [1.807, 2.05) is 0 Å². The molecular formula is C22H24FN3O6S2. The smallest absolute Gasteiger partial charge is 0.335 e. The van der Waals surface area contributed by atoms with Gasteiger partial charge in [0.15, 0.2) is 0 Å². The highest BCUT2D eigenvalue weighted by molar-refractivity contribution is 7.89. The zero-order valence-corrected chi connectivity index (χ0v) is 20.2. The van der Waals surface area contributed by atoms with Gasteiger partial charge in [-0.3, -0.25) is 9.59 Å². The zero-order chi connectivity index (χ0) is 25.2. The number of benzene rings is 2. The van der Waals surface area contributed by atoms with Crippen molar-refractivity contribution in [3.05, 3.63) is 59.9 Å². The summed E-state index contributed by atoms with van der Waals surface area (Å²) in [5.41, 5.74) is 0.509. The number of sulfonamides is 1. The molecule has 0 aliphatic carbocycles. The van der Waals surface area contributed by atoms with E-state index in [9.17, 15) is 27.2 Å². The minimum Gasteiger partial charge on any atom is -0.478 e. The monoisotopic (exact) mass is 509 g/mol. The van der Waals surface area contributed by atoms with Crippen molar-refractivity contribution in [2.45, 2.75) is 22.6 Å². The summed E-state index contributed by atoms with van der Waals surface area (Å²) >= 11 is 4.35.